The van der Waals surface area contributed by atoms with Crippen LogP contribution in [0.25, 0.3) is 0 Å². The van der Waals surface area contributed by atoms with Gasteiger partial charge in [0, 0.05) is 17.7 Å². The minimum atomic E-state index is -0.866. The molecule has 0 spiro atoms. The normalized spacial score (nSPS) is 9.93. The van der Waals surface area contributed by atoms with E-state index >= 15 is 0 Å². The summed E-state index contributed by atoms with van der Waals surface area (Å²) in [6, 6.07) is 1.84. The number of aliphatic carboxylic acids is 1. The summed E-state index contributed by atoms with van der Waals surface area (Å²) in [7, 11) is 1.70. The average Bonchev–Trinajstić information content (AvgIpc) is 2.08. The van der Waals surface area contributed by atoms with Gasteiger partial charge >= 0.3 is 5.97 Å². The number of halogens is 1. The Hall–Kier alpha value is -1.10. The van der Waals surface area contributed by atoms with Crippen LogP contribution in [0.15, 0.2) is 16.7 Å². The van der Waals surface area contributed by atoms with Crippen molar-refractivity contribution in [2.75, 3.05) is 18.5 Å². The molecule has 0 saturated heterocycles. The fraction of sp³-hybridized carbons (Fsp3) is 0.333. The molecule has 14 heavy (non-hydrogen) atoms. The summed E-state index contributed by atoms with van der Waals surface area (Å²) < 4.78 is 0.921. The Morgan fingerprint density at radius 3 is 2.86 bits per heavy atom. The molecule has 0 amide bonds. The Bertz CT molecular complexity index is 355. The van der Waals surface area contributed by atoms with E-state index in [1.54, 1.807) is 18.1 Å². The van der Waals surface area contributed by atoms with E-state index in [-0.39, 0.29) is 6.54 Å². The van der Waals surface area contributed by atoms with Gasteiger partial charge in [-0.25, -0.2) is 4.98 Å². The summed E-state index contributed by atoms with van der Waals surface area (Å²) in [6.45, 7) is 1.89. The van der Waals surface area contributed by atoms with Crippen LogP contribution < -0.4 is 4.90 Å². The van der Waals surface area contributed by atoms with E-state index in [2.05, 4.69) is 20.9 Å². The zero-order chi connectivity index (χ0) is 10.7. The molecule has 0 fully saturated rings. The van der Waals surface area contributed by atoms with E-state index in [1.807, 2.05) is 13.0 Å². The third kappa shape index (κ3) is 2.70. The number of hydrogen-bond acceptors (Lipinski definition) is 3. The molecule has 0 atom stereocenters. The predicted molar refractivity (Wildman–Crippen MR) is 57.6 cm³/mol. The second kappa shape index (κ2) is 4.41. The third-order valence-corrected chi connectivity index (χ3v) is 2.63. The smallest absolute Gasteiger partial charge is 0.323 e. The van der Waals surface area contributed by atoms with Crippen molar-refractivity contribution in [3.8, 4) is 0 Å². The summed E-state index contributed by atoms with van der Waals surface area (Å²) in [4.78, 5) is 16.1. The highest BCUT2D eigenvalue weighted by atomic mass is 79.9. The van der Waals surface area contributed by atoms with Crippen LogP contribution in [0, 0.1) is 6.92 Å². The Labute approximate surface area is 90.7 Å². The molecule has 0 aliphatic carbocycles. The average molecular weight is 259 g/mol. The topological polar surface area (TPSA) is 53.4 Å². The van der Waals surface area contributed by atoms with Gasteiger partial charge in [0.1, 0.15) is 12.4 Å². The minimum Gasteiger partial charge on any atom is -0.480 e. The van der Waals surface area contributed by atoms with E-state index in [0.717, 1.165) is 10.0 Å². The van der Waals surface area contributed by atoms with Gasteiger partial charge in [-0.05, 0) is 34.5 Å². The van der Waals surface area contributed by atoms with Crippen LogP contribution in [0.4, 0.5) is 5.82 Å². The van der Waals surface area contributed by atoms with Crippen molar-refractivity contribution < 1.29 is 9.90 Å². The molecule has 76 valence electrons. The van der Waals surface area contributed by atoms with Crippen molar-refractivity contribution in [3.05, 3.63) is 22.3 Å². The van der Waals surface area contributed by atoms with Gasteiger partial charge in [-0.1, -0.05) is 0 Å². The number of carboxylic acids is 1. The highest BCUT2D eigenvalue weighted by Crippen LogP contribution is 2.18. The molecule has 0 bridgehead atoms. The van der Waals surface area contributed by atoms with Crippen LogP contribution in [-0.4, -0.2) is 29.7 Å². The SMILES string of the molecule is Cc1cc(N(C)CC(=O)O)ncc1Br. The summed E-state index contributed by atoms with van der Waals surface area (Å²) in [5.74, 6) is -0.206. The van der Waals surface area contributed by atoms with Crippen molar-refractivity contribution in [3.63, 3.8) is 0 Å². The molecule has 1 aromatic rings. The third-order valence-electron chi connectivity index (χ3n) is 1.80. The number of carboxylic acid groups (broad SMARTS) is 1. The van der Waals surface area contributed by atoms with Gasteiger partial charge in [0.15, 0.2) is 0 Å². The van der Waals surface area contributed by atoms with Gasteiger partial charge in [0.2, 0.25) is 0 Å². The molecule has 1 N–H and O–H groups in total. The first-order valence-corrected chi connectivity index (χ1v) is 4.85. The fourth-order valence-corrected chi connectivity index (χ4v) is 1.23. The first-order chi connectivity index (χ1) is 6.50. The highest BCUT2D eigenvalue weighted by Gasteiger charge is 2.07. The number of anilines is 1. The second-order valence-corrected chi connectivity index (χ2v) is 3.90. The number of aryl methyl sites for hydroxylation is 1. The van der Waals surface area contributed by atoms with Crippen molar-refractivity contribution in [1.29, 1.82) is 0 Å². The van der Waals surface area contributed by atoms with Crippen molar-refractivity contribution in [2.45, 2.75) is 6.92 Å². The maximum atomic E-state index is 10.5. The van der Waals surface area contributed by atoms with Gasteiger partial charge in [-0.15, -0.1) is 0 Å². The largest absolute Gasteiger partial charge is 0.480 e. The zero-order valence-electron chi connectivity index (χ0n) is 7.99. The van der Waals surface area contributed by atoms with Gasteiger partial charge in [-0.3, -0.25) is 4.79 Å². The van der Waals surface area contributed by atoms with Crippen molar-refractivity contribution in [2.24, 2.45) is 0 Å². The highest BCUT2D eigenvalue weighted by molar-refractivity contribution is 9.10. The van der Waals surface area contributed by atoms with Crippen LogP contribution in [-0.2, 0) is 4.79 Å². The number of nitrogens with zero attached hydrogens (tertiary/aromatic N) is 2. The van der Waals surface area contributed by atoms with E-state index < -0.39 is 5.97 Å². The molecule has 5 heteroatoms. The minimum absolute atomic E-state index is 0.0475. The Balaban J connectivity index is 2.85. The van der Waals surface area contributed by atoms with Crippen LogP contribution in [0.2, 0.25) is 0 Å². The van der Waals surface area contributed by atoms with Crippen molar-refractivity contribution >= 4 is 27.7 Å². The molecule has 1 heterocycles. The maximum Gasteiger partial charge on any atom is 0.323 e. The van der Waals surface area contributed by atoms with Crippen LogP contribution in [0.1, 0.15) is 5.56 Å². The fourth-order valence-electron chi connectivity index (χ4n) is 1.02. The summed E-state index contributed by atoms with van der Waals surface area (Å²) >= 11 is 3.33. The number of likely N-dealkylation sites (N-methyl/N-ethyl adjacent to an activating group) is 1. The predicted octanol–water partition coefficient (Wildman–Crippen LogP) is 1.67. The molecule has 0 aliphatic rings. The maximum absolute atomic E-state index is 10.5. The Morgan fingerprint density at radius 2 is 2.36 bits per heavy atom. The molecule has 1 aromatic heterocycles. The first-order valence-electron chi connectivity index (χ1n) is 4.06. The molecule has 0 aliphatic heterocycles. The van der Waals surface area contributed by atoms with Crippen LogP contribution in [0.5, 0.6) is 0 Å². The molecule has 0 aromatic carbocycles. The molecule has 0 unspecified atom stereocenters. The van der Waals surface area contributed by atoms with E-state index in [0.29, 0.717) is 5.82 Å². The lowest BCUT2D eigenvalue weighted by Gasteiger charge is -2.15. The number of carbonyl (C=O) groups is 1. The number of aromatic nitrogens is 1. The molecule has 0 radical (unpaired) electrons. The van der Waals surface area contributed by atoms with Crippen molar-refractivity contribution in [1.82, 2.24) is 4.98 Å². The second-order valence-electron chi connectivity index (χ2n) is 3.04. The molecular weight excluding hydrogens is 248 g/mol. The molecule has 1 rings (SSSR count). The first kappa shape index (κ1) is 11.0. The number of pyridine rings is 1. The van der Waals surface area contributed by atoms with Gasteiger partial charge in [0.05, 0.1) is 0 Å². The molecule has 4 nitrogen and oxygen atoms in total. The van der Waals surface area contributed by atoms with Gasteiger partial charge < -0.3 is 10.0 Å². The standard InChI is InChI=1S/C9H11BrN2O2/c1-6-3-8(11-4-7(6)10)12(2)5-9(13)14/h3-4H,5H2,1-2H3,(H,13,14). The monoisotopic (exact) mass is 258 g/mol. The van der Waals surface area contributed by atoms with E-state index in [4.69, 9.17) is 5.11 Å². The Morgan fingerprint density at radius 1 is 1.71 bits per heavy atom. The van der Waals surface area contributed by atoms with Gasteiger partial charge in [-0.2, -0.15) is 0 Å². The van der Waals surface area contributed by atoms with Crippen LogP contribution >= 0.6 is 15.9 Å². The van der Waals surface area contributed by atoms with Crippen LogP contribution in [0.3, 0.4) is 0 Å². The summed E-state index contributed by atoms with van der Waals surface area (Å²) in [5, 5.41) is 8.59. The van der Waals surface area contributed by atoms with Gasteiger partial charge in [0.25, 0.3) is 0 Å². The summed E-state index contributed by atoms with van der Waals surface area (Å²) in [6.07, 6.45) is 1.67. The quantitative estimate of drug-likeness (QED) is 0.897. The summed E-state index contributed by atoms with van der Waals surface area (Å²) in [5.41, 5.74) is 1.03. The lowest BCUT2D eigenvalue weighted by molar-refractivity contribution is -0.135. The number of rotatable bonds is 3. The zero-order valence-corrected chi connectivity index (χ0v) is 9.58. The molecular formula is C9H11BrN2O2. The van der Waals surface area contributed by atoms with E-state index in [1.165, 1.54) is 0 Å². The van der Waals surface area contributed by atoms with E-state index in [9.17, 15) is 4.79 Å². The Kier molecular flexibility index (Phi) is 3.46. The lowest BCUT2D eigenvalue weighted by Crippen LogP contribution is -2.25. The molecule has 0 saturated carbocycles. The lowest BCUT2D eigenvalue weighted by atomic mass is 10.3. The number of hydrogen-bond donors (Lipinski definition) is 1.